The predicted molar refractivity (Wildman–Crippen MR) is 278 cm³/mol. The number of carbonyl (C=O) groups is 2. The van der Waals surface area contributed by atoms with E-state index in [2.05, 4.69) is 43.0 Å². The van der Waals surface area contributed by atoms with Crippen molar-refractivity contribution in [3.05, 3.63) is 0 Å². The lowest BCUT2D eigenvalue weighted by Crippen LogP contribution is -2.41. The van der Waals surface area contributed by atoms with E-state index in [0.717, 1.165) is 90.7 Å². The maximum Gasteiger partial charge on any atom is 0.305 e. The predicted octanol–water partition coefficient (Wildman–Crippen LogP) is 15.5. The molecule has 0 aromatic rings. The third-order valence-electron chi connectivity index (χ3n) is 14.4. The van der Waals surface area contributed by atoms with E-state index in [-0.39, 0.29) is 24.9 Å². The summed E-state index contributed by atoms with van der Waals surface area (Å²) >= 11 is 0. The number of hydrogen-bond donors (Lipinski definition) is 2. The van der Waals surface area contributed by atoms with E-state index in [9.17, 15) is 14.7 Å². The normalized spacial score (nSPS) is 14.5. The average Bonchev–Trinajstić information content (AvgIpc) is 3.60. The number of hydroxylamine groups is 1. The van der Waals surface area contributed by atoms with E-state index in [1.807, 2.05) is 0 Å². The van der Waals surface area contributed by atoms with Crippen molar-refractivity contribution in [2.75, 3.05) is 52.5 Å². The number of nitrogens with one attached hydrogen (secondary N) is 1. The highest BCUT2D eigenvalue weighted by Gasteiger charge is 2.24. The van der Waals surface area contributed by atoms with Crippen molar-refractivity contribution in [2.24, 2.45) is 11.8 Å². The standard InChI is InChI=1S/C57H113N3O5/c1-5-9-13-17-19-27-38-53(37-25-15-11-7-3)51-64-57(63)43-31-23-33-46-59(48-35-36-49-60(56(62)44-50-61)55-41-29-21-22-30-42-55)47-34-24-32-45-58-65-52-54(39-26-16-12-8-4)40-28-20-18-14-10-6-2/h53-55,58,61H,5-52H2,1-4H3. The van der Waals surface area contributed by atoms with Gasteiger partial charge in [-0.25, -0.2) is 5.48 Å². The molecule has 1 saturated carbocycles. The summed E-state index contributed by atoms with van der Waals surface area (Å²) in [5.74, 6) is 1.32. The van der Waals surface area contributed by atoms with E-state index >= 15 is 0 Å². The zero-order chi connectivity index (χ0) is 47.1. The Morgan fingerprint density at radius 2 is 0.938 bits per heavy atom. The highest BCUT2D eigenvalue weighted by molar-refractivity contribution is 5.76. The van der Waals surface area contributed by atoms with Gasteiger partial charge in [0.15, 0.2) is 0 Å². The largest absolute Gasteiger partial charge is 0.465 e. The molecule has 1 aliphatic rings. The first-order valence-corrected chi connectivity index (χ1v) is 29.1. The molecule has 0 heterocycles. The molecule has 0 aliphatic heterocycles. The second-order valence-corrected chi connectivity index (χ2v) is 20.6. The van der Waals surface area contributed by atoms with Gasteiger partial charge in [0.05, 0.1) is 19.8 Å². The van der Waals surface area contributed by atoms with Gasteiger partial charge in [-0.05, 0) is 109 Å². The molecule has 1 rings (SSSR count). The molecule has 1 amide bonds. The third kappa shape index (κ3) is 38.3. The van der Waals surface area contributed by atoms with Gasteiger partial charge in [0.25, 0.3) is 0 Å². The van der Waals surface area contributed by atoms with Crippen LogP contribution in [0.3, 0.4) is 0 Å². The van der Waals surface area contributed by atoms with Crippen LogP contribution in [0.25, 0.3) is 0 Å². The number of aliphatic hydroxyl groups is 1. The van der Waals surface area contributed by atoms with Gasteiger partial charge >= 0.3 is 5.97 Å². The number of amides is 1. The molecule has 0 radical (unpaired) electrons. The van der Waals surface area contributed by atoms with Crippen LogP contribution in [-0.2, 0) is 19.2 Å². The topological polar surface area (TPSA) is 91.3 Å². The van der Waals surface area contributed by atoms with E-state index in [4.69, 9.17) is 9.57 Å². The van der Waals surface area contributed by atoms with Gasteiger partial charge in [0.1, 0.15) is 0 Å². The van der Waals surface area contributed by atoms with Crippen LogP contribution in [0, 0.1) is 11.8 Å². The molecule has 8 heteroatoms. The highest BCUT2D eigenvalue weighted by Crippen LogP contribution is 2.24. The van der Waals surface area contributed by atoms with Crippen molar-refractivity contribution in [3.63, 3.8) is 0 Å². The van der Waals surface area contributed by atoms with Crippen LogP contribution in [0.2, 0.25) is 0 Å². The Kier molecular flexibility index (Phi) is 45.5. The average molecular weight is 921 g/mol. The maximum atomic E-state index is 13.1. The van der Waals surface area contributed by atoms with Crippen molar-refractivity contribution >= 4 is 11.9 Å². The minimum absolute atomic E-state index is 0.00443. The van der Waals surface area contributed by atoms with Gasteiger partial charge in [-0.3, -0.25) is 9.59 Å². The maximum absolute atomic E-state index is 13.1. The minimum atomic E-state index is -0.0625. The van der Waals surface area contributed by atoms with E-state index < -0.39 is 0 Å². The third-order valence-corrected chi connectivity index (χ3v) is 14.4. The second kappa shape index (κ2) is 47.8. The first-order valence-electron chi connectivity index (χ1n) is 29.1. The number of carbonyl (C=O) groups excluding carboxylic acids is 2. The van der Waals surface area contributed by atoms with Crippen LogP contribution in [0.1, 0.15) is 285 Å². The number of hydrogen-bond acceptors (Lipinski definition) is 7. The Morgan fingerprint density at radius 3 is 1.46 bits per heavy atom. The van der Waals surface area contributed by atoms with Crippen molar-refractivity contribution < 1.29 is 24.3 Å². The van der Waals surface area contributed by atoms with Crippen LogP contribution < -0.4 is 5.48 Å². The molecular formula is C57H113N3O5. The van der Waals surface area contributed by atoms with Gasteiger partial charge in [0.2, 0.25) is 5.91 Å². The van der Waals surface area contributed by atoms with Gasteiger partial charge in [-0.1, -0.05) is 195 Å². The monoisotopic (exact) mass is 920 g/mol. The summed E-state index contributed by atoms with van der Waals surface area (Å²) in [5.41, 5.74) is 3.33. The molecule has 8 nitrogen and oxygen atoms in total. The molecule has 0 aromatic carbocycles. The van der Waals surface area contributed by atoms with Crippen LogP contribution in [0.4, 0.5) is 0 Å². The first kappa shape index (κ1) is 61.8. The molecule has 2 unspecified atom stereocenters. The fourth-order valence-corrected chi connectivity index (χ4v) is 10.1. The van der Waals surface area contributed by atoms with Crippen molar-refractivity contribution in [2.45, 2.75) is 291 Å². The SMILES string of the molecule is CCCCCCCCC(CCCCCC)CONCCCCCN(CCCCCC(=O)OCC(CCCCCC)CCCCCCCC)CCCCN(C(=O)CCO)C1CCCCCC1. The molecule has 386 valence electrons. The smallest absolute Gasteiger partial charge is 0.305 e. The summed E-state index contributed by atoms with van der Waals surface area (Å²) in [4.78, 5) is 36.8. The Labute approximate surface area is 405 Å². The number of ether oxygens (including phenoxy) is 1. The summed E-state index contributed by atoms with van der Waals surface area (Å²) in [5, 5.41) is 9.58. The lowest BCUT2D eigenvalue weighted by molar-refractivity contribution is -0.145. The fourth-order valence-electron chi connectivity index (χ4n) is 10.1. The van der Waals surface area contributed by atoms with Crippen molar-refractivity contribution in [1.82, 2.24) is 15.3 Å². The molecule has 0 aromatic heterocycles. The zero-order valence-corrected chi connectivity index (χ0v) is 44.1. The first-order chi connectivity index (χ1) is 32.0. The molecule has 2 N–H and O–H groups in total. The van der Waals surface area contributed by atoms with Gasteiger partial charge < -0.3 is 24.5 Å². The molecule has 0 saturated heterocycles. The molecule has 65 heavy (non-hydrogen) atoms. The number of esters is 1. The molecule has 2 atom stereocenters. The molecule has 1 aliphatic carbocycles. The molecule has 0 bridgehead atoms. The zero-order valence-electron chi connectivity index (χ0n) is 44.1. The van der Waals surface area contributed by atoms with Gasteiger partial charge in [-0.2, -0.15) is 0 Å². The quantitative estimate of drug-likeness (QED) is 0.0272. The lowest BCUT2D eigenvalue weighted by atomic mass is 9.95. The van der Waals surface area contributed by atoms with Crippen LogP contribution in [0.15, 0.2) is 0 Å². The summed E-state index contributed by atoms with van der Waals surface area (Å²) in [6.45, 7) is 15.4. The number of unbranched alkanes of at least 4 members (excludes halogenated alkanes) is 21. The molecular weight excluding hydrogens is 807 g/mol. The van der Waals surface area contributed by atoms with E-state index in [1.165, 1.54) is 193 Å². The summed E-state index contributed by atoms with van der Waals surface area (Å²) < 4.78 is 5.91. The van der Waals surface area contributed by atoms with Crippen LogP contribution in [-0.4, -0.2) is 85.4 Å². The van der Waals surface area contributed by atoms with Crippen molar-refractivity contribution in [1.29, 1.82) is 0 Å². The molecule has 0 spiro atoms. The van der Waals surface area contributed by atoms with Gasteiger partial charge in [-0.15, -0.1) is 0 Å². The lowest BCUT2D eigenvalue weighted by Gasteiger charge is -2.32. The van der Waals surface area contributed by atoms with Crippen molar-refractivity contribution in [3.8, 4) is 0 Å². The van der Waals surface area contributed by atoms with Crippen LogP contribution in [0.5, 0.6) is 0 Å². The summed E-state index contributed by atoms with van der Waals surface area (Å²) in [7, 11) is 0. The van der Waals surface area contributed by atoms with Crippen LogP contribution >= 0.6 is 0 Å². The Morgan fingerprint density at radius 1 is 0.508 bits per heavy atom. The van der Waals surface area contributed by atoms with E-state index in [1.54, 1.807) is 0 Å². The minimum Gasteiger partial charge on any atom is -0.465 e. The second-order valence-electron chi connectivity index (χ2n) is 20.6. The molecule has 1 fully saturated rings. The Bertz CT molecular complexity index is 1010. The van der Waals surface area contributed by atoms with Gasteiger partial charge in [0, 0.05) is 32.0 Å². The summed E-state index contributed by atoms with van der Waals surface area (Å²) in [6.07, 6.45) is 48.1. The number of aliphatic hydroxyl groups excluding tert-OH is 1. The Hall–Kier alpha value is -1.22. The highest BCUT2D eigenvalue weighted by atomic mass is 16.6. The Balaban J connectivity index is 2.59. The number of rotatable bonds is 49. The summed E-state index contributed by atoms with van der Waals surface area (Å²) in [6, 6.07) is 0.339. The van der Waals surface area contributed by atoms with E-state index in [0.29, 0.717) is 30.9 Å². The number of nitrogens with zero attached hydrogens (tertiary/aromatic N) is 2. The fraction of sp³-hybridized carbons (Fsp3) is 0.965.